The van der Waals surface area contributed by atoms with Crippen molar-refractivity contribution in [3.63, 3.8) is 0 Å². The van der Waals surface area contributed by atoms with Gasteiger partial charge in [0.15, 0.2) is 0 Å². The Bertz CT molecular complexity index is 1250. The molecule has 0 saturated heterocycles. The minimum Gasteiger partial charge on any atom is -0.334 e. The number of aryl methyl sites for hydroxylation is 2. The molecule has 0 atom stereocenters. The molecule has 1 heterocycles. The molecule has 0 unspecified atom stereocenters. The van der Waals surface area contributed by atoms with E-state index in [9.17, 15) is 13.2 Å². The first-order valence-electron chi connectivity index (χ1n) is 10.7. The van der Waals surface area contributed by atoms with Gasteiger partial charge in [0, 0.05) is 24.9 Å². The molecule has 0 saturated carbocycles. The summed E-state index contributed by atoms with van der Waals surface area (Å²) in [5, 5.41) is 8.93. The quantitative estimate of drug-likeness (QED) is 0.319. The zero-order valence-corrected chi connectivity index (χ0v) is 17.9. The molecule has 0 radical (unpaired) electrons. The maximum absolute atomic E-state index is 13.3. The summed E-state index contributed by atoms with van der Waals surface area (Å²) in [5.41, 5.74) is 4.07. The van der Waals surface area contributed by atoms with Gasteiger partial charge in [-0.2, -0.15) is 18.4 Å². The predicted octanol–water partition coefficient (Wildman–Crippen LogP) is 6.66. The predicted molar refractivity (Wildman–Crippen MR) is 121 cm³/mol. The van der Waals surface area contributed by atoms with Crippen LogP contribution in [0.3, 0.4) is 0 Å². The maximum atomic E-state index is 13.3. The normalized spacial score (nSPS) is 11.3. The van der Waals surface area contributed by atoms with Crippen molar-refractivity contribution in [1.82, 2.24) is 9.55 Å². The highest BCUT2D eigenvalue weighted by molar-refractivity contribution is 5.68. The van der Waals surface area contributed by atoms with Crippen LogP contribution in [0.2, 0.25) is 0 Å². The zero-order chi connectivity index (χ0) is 23.3. The van der Waals surface area contributed by atoms with E-state index in [-0.39, 0.29) is 5.56 Å². The summed E-state index contributed by atoms with van der Waals surface area (Å²) in [6, 6.07) is 22.6. The first-order valence-corrected chi connectivity index (χ1v) is 10.7. The van der Waals surface area contributed by atoms with E-state index in [1.165, 1.54) is 12.1 Å². The second kappa shape index (κ2) is 9.74. The second-order valence-electron chi connectivity index (χ2n) is 7.91. The second-order valence-corrected chi connectivity index (χ2v) is 7.91. The molecule has 4 aromatic rings. The molecular weight excluding hydrogens is 423 g/mol. The molecule has 0 aliphatic carbocycles. The van der Waals surface area contributed by atoms with Gasteiger partial charge in [0.1, 0.15) is 0 Å². The minimum atomic E-state index is -4.38. The lowest BCUT2D eigenvalue weighted by molar-refractivity contribution is -0.137. The number of hydrogen-bond acceptors (Lipinski definition) is 2. The highest BCUT2D eigenvalue weighted by atomic mass is 19.4. The Balaban J connectivity index is 1.37. The average Bonchev–Trinajstić information content (AvgIpc) is 3.26. The van der Waals surface area contributed by atoms with Crippen molar-refractivity contribution in [2.45, 2.75) is 32.0 Å². The van der Waals surface area contributed by atoms with Gasteiger partial charge in [0.25, 0.3) is 0 Å². The van der Waals surface area contributed by atoms with Crippen LogP contribution >= 0.6 is 0 Å². The molecule has 0 bridgehead atoms. The van der Waals surface area contributed by atoms with Crippen LogP contribution in [0, 0.1) is 11.3 Å². The van der Waals surface area contributed by atoms with E-state index in [4.69, 9.17) is 5.26 Å². The fourth-order valence-corrected chi connectivity index (χ4v) is 3.89. The highest BCUT2D eigenvalue weighted by Crippen LogP contribution is 2.36. The third-order valence-corrected chi connectivity index (χ3v) is 5.63. The van der Waals surface area contributed by atoms with Crippen LogP contribution in [0.4, 0.5) is 13.2 Å². The third kappa shape index (κ3) is 5.50. The Morgan fingerprint density at radius 1 is 0.879 bits per heavy atom. The van der Waals surface area contributed by atoms with Crippen LogP contribution in [0.1, 0.15) is 34.4 Å². The van der Waals surface area contributed by atoms with Crippen LogP contribution in [0.5, 0.6) is 0 Å². The Kier molecular flexibility index (Phi) is 6.60. The van der Waals surface area contributed by atoms with Gasteiger partial charge in [-0.1, -0.05) is 54.6 Å². The van der Waals surface area contributed by atoms with Crippen molar-refractivity contribution in [3.05, 3.63) is 113 Å². The van der Waals surface area contributed by atoms with Crippen LogP contribution in [-0.2, 0) is 25.6 Å². The lowest BCUT2D eigenvalue weighted by Crippen LogP contribution is -2.06. The van der Waals surface area contributed by atoms with Crippen LogP contribution in [0.15, 0.2) is 85.3 Å². The molecule has 33 heavy (non-hydrogen) atoms. The summed E-state index contributed by atoms with van der Waals surface area (Å²) in [4.78, 5) is 4.27. The van der Waals surface area contributed by atoms with Gasteiger partial charge in [0.2, 0.25) is 0 Å². The molecular formula is C27H22F3N3. The molecule has 0 N–H and O–H groups in total. The van der Waals surface area contributed by atoms with Crippen LogP contribution in [0.25, 0.3) is 11.1 Å². The summed E-state index contributed by atoms with van der Waals surface area (Å²) >= 11 is 0. The maximum Gasteiger partial charge on any atom is 0.417 e. The minimum absolute atomic E-state index is 0.197. The summed E-state index contributed by atoms with van der Waals surface area (Å²) in [7, 11) is 0. The topological polar surface area (TPSA) is 41.6 Å². The lowest BCUT2D eigenvalue weighted by atomic mass is 9.97. The molecule has 0 aliphatic rings. The van der Waals surface area contributed by atoms with Gasteiger partial charge < -0.3 is 4.57 Å². The fraction of sp³-hybridized carbons (Fsp3) is 0.185. The Morgan fingerprint density at radius 3 is 2.27 bits per heavy atom. The number of imidazole rings is 1. The van der Waals surface area contributed by atoms with Gasteiger partial charge in [-0.3, -0.25) is 0 Å². The van der Waals surface area contributed by atoms with Crippen molar-refractivity contribution in [2.75, 3.05) is 0 Å². The SMILES string of the molecule is N#Cc1ccc(Cc2cncn2CCCc2ccc(-c3ccccc3C(F)(F)F)cc2)cc1. The van der Waals surface area contributed by atoms with Gasteiger partial charge in [-0.05, 0) is 53.3 Å². The molecule has 6 heteroatoms. The Morgan fingerprint density at radius 2 is 1.58 bits per heavy atom. The molecule has 166 valence electrons. The largest absolute Gasteiger partial charge is 0.417 e. The Hall–Kier alpha value is -3.85. The standard InChI is InChI=1S/C27H22F3N3/c28-27(29,30)26-6-2-1-5-25(26)23-13-11-20(12-14-23)4-3-15-33-19-32-18-24(33)16-21-7-9-22(17-31)10-8-21/h1-2,5-14,18-19H,3-4,15-16H2. The van der Waals surface area contributed by atoms with Crippen molar-refractivity contribution in [3.8, 4) is 17.2 Å². The number of halogens is 3. The summed E-state index contributed by atoms with van der Waals surface area (Å²) in [6.45, 7) is 0.796. The summed E-state index contributed by atoms with van der Waals surface area (Å²) in [5.74, 6) is 0. The Labute approximate surface area is 190 Å². The van der Waals surface area contributed by atoms with E-state index in [1.807, 2.05) is 48.9 Å². The number of rotatable bonds is 7. The van der Waals surface area contributed by atoms with E-state index in [0.29, 0.717) is 11.1 Å². The monoisotopic (exact) mass is 445 g/mol. The smallest absolute Gasteiger partial charge is 0.334 e. The lowest BCUT2D eigenvalue weighted by Gasteiger charge is -2.13. The highest BCUT2D eigenvalue weighted by Gasteiger charge is 2.33. The number of hydrogen-bond donors (Lipinski definition) is 0. The number of nitriles is 1. The van der Waals surface area contributed by atoms with Gasteiger partial charge >= 0.3 is 6.18 Å². The molecule has 3 aromatic carbocycles. The summed E-state index contributed by atoms with van der Waals surface area (Å²) in [6.07, 6.45) is 1.72. The molecule has 0 fully saturated rings. The average molecular weight is 445 g/mol. The fourth-order valence-electron chi connectivity index (χ4n) is 3.89. The first-order chi connectivity index (χ1) is 15.9. The van der Waals surface area contributed by atoms with Crippen LogP contribution < -0.4 is 0 Å². The van der Waals surface area contributed by atoms with Gasteiger partial charge in [-0.25, -0.2) is 4.98 Å². The molecule has 0 aliphatic heterocycles. The van der Waals surface area contributed by atoms with E-state index >= 15 is 0 Å². The molecule has 1 aromatic heterocycles. The van der Waals surface area contributed by atoms with Gasteiger partial charge in [0.05, 0.1) is 23.5 Å². The third-order valence-electron chi connectivity index (χ3n) is 5.63. The number of nitrogens with zero attached hydrogens (tertiary/aromatic N) is 3. The molecule has 0 amide bonds. The van der Waals surface area contributed by atoms with Crippen molar-refractivity contribution in [1.29, 1.82) is 5.26 Å². The van der Waals surface area contributed by atoms with E-state index < -0.39 is 11.7 Å². The molecule has 4 rings (SSSR count). The number of alkyl halides is 3. The van der Waals surface area contributed by atoms with Crippen molar-refractivity contribution < 1.29 is 13.2 Å². The van der Waals surface area contributed by atoms with E-state index in [0.717, 1.165) is 48.7 Å². The number of aromatic nitrogens is 2. The van der Waals surface area contributed by atoms with E-state index in [2.05, 4.69) is 15.6 Å². The summed E-state index contributed by atoms with van der Waals surface area (Å²) < 4.78 is 42.0. The van der Waals surface area contributed by atoms with Gasteiger partial charge in [-0.15, -0.1) is 0 Å². The first kappa shape index (κ1) is 22.3. The van der Waals surface area contributed by atoms with Crippen molar-refractivity contribution in [2.24, 2.45) is 0 Å². The molecule has 3 nitrogen and oxygen atoms in total. The van der Waals surface area contributed by atoms with Crippen LogP contribution in [-0.4, -0.2) is 9.55 Å². The van der Waals surface area contributed by atoms with Crippen molar-refractivity contribution >= 4 is 0 Å². The zero-order valence-electron chi connectivity index (χ0n) is 17.9. The molecule has 0 spiro atoms. The number of benzene rings is 3. The van der Waals surface area contributed by atoms with E-state index in [1.54, 1.807) is 18.2 Å².